The highest BCUT2D eigenvalue weighted by Crippen LogP contribution is 2.54. The first-order valence-electron chi connectivity index (χ1n) is 14.7. The smallest absolute Gasteiger partial charge is 0.339 e. The van der Waals surface area contributed by atoms with Crippen molar-refractivity contribution in [2.45, 2.75) is 67.7 Å². The van der Waals surface area contributed by atoms with E-state index in [-0.39, 0.29) is 40.6 Å². The lowest BCUT2D eigenvalue weighted by Gasteiger charge is -2.51. The molecule has 0 saturated heterocycles. The maximum atomic E-state index is 14.5. The summed E-state index contributed by atoms with van der Waals surface area (Å²) in [6.07, 6.45) is 1.67. The van der Waals surface area contributed by atoms with Crippen LogP contribution >= 0.6 is 11.3 Å². The number of fused-ring (bicyclic) bond motifs is 2. The Hall–Kier alpha value is -3.76. The highest BCUT2D eigenvalue weighted by Gasteiger charge is 2.56. The Morgan fingerprint density at radius 3 is 2.45 bits per heavy atom. The predicted octanol–water partition coefficient (Wildman–Crippen LogP) is 6.37. The van der Waals surface area contributed by atoms with Gasteiger partial charge in [0.05, 0.1) is 45.2 Å². The number of imidazole rings is 1. The van der Waals surface area contributed by atoms with E-state index >= 15 is 0 Å². The maximum Gasteiger partial charge on any atom is 0.427 e. The molecule has 1 unspecified atom stereocenters. The van der Waals surface area contributed by atoms with Crippen LogP contribution in [0.2, 0.25) is 0 Å². The molecule has 2 fully saturated rings. The van der Waals surface area contributed by atoms with E-state index in [0.717, 1.165) is 0 Å². The molecule has 3 aliphatic carbocycles. The Morgan fingerprint density at radius 2 is 1.83 bits per heavy atom. The van der Waals surface area contributed by atoms with Gasteiger partial charge >= 0.3 is 6.18 Å². The van der Waals surface area contributed by atoms with E-state index in [0.29, 0.717) is 35.1 Å². The van der Waals surface area contributed by atoms with Crippen molar-refractivity contribution in [3.05, 3.63) is 81.7 Å². The number of carbonyl (C=O) groups excluding carboxylic acids is 1. The van der Waals surface area contributed by atoms with Crippen LogP contribution in [0.5, 0.6) is 0 Å². The first-order valence-corrected chi connectivity index (χ1v) is 17.2. The zero-order valence-corrected chi connectivity index (χ0v) is 26.5. The number of hydrogen-bond donors (Lipinski definition) is 0. The molecule has 3 aliphatic rings. The van der Waals surface area contributed by atoms with Gasteiger partial charge in [0.15, 0.2) is 10.0 Å². The van der Waals surface area contributed by atoms with Gasteiger partial charge < -0.3 is 4.57 Å². The Labute approximate surface area is 269 Å². The number of nitrogens with zero attached hydrogens (tertiary/aromatic N) is 6. The summed E-state index contributed by atoms with van der Waals surface area (Å²) in [6.45, 7) is 0. The molecule has 248 valence electrons. The molecule has 0 N–H and O–H groups in total. The molecule has 8 nitrogen and oxygen atoms in total. The van der Waals surface area contributed by atoms with Crippen molar-refractivity contribution in [2.75, 3.05) is 0 Å². The predicted molar refractivity (Wildman–Crippen MR) is 163 cm³/mol. The molecule has 0 radical (unpaired) electrons. The fourth-order valence-electron chi connectivity index (χ4n) is 7.05. The zero-order valence-electron chi connectivity index (χ0n) is 24.9. The molecule has 16 heteroatoms. The van der Waals surface area contributed by atoms with E-state index < -0.39 is 68.6 Å². The number of aromatic nitrogens is 5. The van der Waals surface area contributed by atoms with Gasteiger partial charge in [-0.05, 0) is 67.5 Å². The number of aryl methyl sites for hydroxylation is 1. The van der Waals surface area contributed by atoms with E-state index in [4.69, 9.17) is 0 Å². The molecule has 7 rings (SSSR count). The summed E-state index contributed by atoms with van der Waals surface area (Å²) in [5, 5.41) is 4.25. The highest BCUT2D eigenvalue weighted by molar-refractivity contribution is 7.98. The van der Waals surface area contributed by atoms with Gasteiger partial charge in [0.1, 0.15) is 10.7 Å². The van der Waals surface area contributed by atoms with Crippen molar-refractivity contribution in [1.82, 2.24) is 28.6 Å². The number of halogens is 6. The molecule has 0 amide bonds. The highest BCUT2D eigenvalue weighted by atomic mass is 32.2. The average Bonchev–Trinajstić information content (AvgIpc) is 3.75. The maximum absolute atomic E-state index is 14.5. The largest absolute Gasteiger partial charge is 0.427 e. The Balaban J connectivity index is 1.33. The van der Waals surface area contributed by atoms with Gasteiger partial charge in [0.2, 0.25) is 5.78 Å². The van der Waals surface area contributed by atoms with E-state index in [1.54, 1.807) is 40.7 Å². The molecule has 4 aromatic rings. The van der Waals surface area contributed by atoms with Crippen molar-refractivity contribution >= 4 is 38.8 Å². The number of benzene rings is 1. The molecule has 3 heterocycles. The second kappa shape index (κ2) is 10.9. The molecule has 3 atom stereocenters. The minimum absolute atomic E-state index is 0.0266. The molecule has 0 bridgehead atoms. The molecule has 0 spiro atoms. The topological polar surface area (TPSA) is 85.9 Å². The van der Waals surface area contributed by atoms with Gasteiger partial charge in [0.25, 0.3) is 5.92 Å². The van der Waals surface area contributed by atoms with Gasteiger partial charge in [-0.25, -0.2) is 36.3 Å². The molecular weight excluding hydrogens is 667 g/mol. The first-order chi connectivity index (χ1) is 22.1. The minimum atomic E-state index is -4.70. The molecule has 47 heavy (non-hydrogen) atoms. The summed E-state index contributed by atoms with van der Waals surface area (Å²) >= 11 is 0.250. The second-order valence-corrected chi connectivity index (χ2v) is 15.6. The Morgan fingerprint density at radius 1 is 1.11 bits per heavy atom. The monoisotopic (exact) mass is 694 g/mol. The van der Waals surface area contributed by atoms with Crippen LogP contribution in [0, 0.1) is 11.2 Å². The fraction of sp³-hybridized carbons (Fsp3) is 0.387. The second-order valence-electron chi connectivity index (χ2n) is 12.4. The van der Waals surface area contributed by atoms with Crippen LogP contribution in [0.15, 0.2) is 59.8 Å². The summed E-state index contributed by atoms with van der Waals surface area (Å²) in [6, 6.07) is 4.14. The van der Waals surface area contributed by atoms with Crippen LogP contribution < -0.4 is 0 Å². The molecule has 0 aliphatic heterocycles. The van der Waals surface area contributed by atoms with E-state index in [9.17, 15) is 35.3 Å². The fourth-order valence-corrected chi connectivity index (χ4v) is 9.93. The van der Waals surface area contributed by atoms with Crippen molar-refractivity contribution in [2.24, 2.45) is 12.5 Å². The van der Waals surface area contributed by atoms with E-state index in [1.807, 2.05) is 0 Å². The van der Waals surface area contributed by atoms with Crippen molar-refractivity contribution in [3.63, 3.8) is 0 Å². The number of carbonyl (C=O) groups is 1. The molecule has 1 aromatic carbocycles. The lowest BCUT2D eigenvalue weighted by molar-refractivity contribution is -0.134. The van der Waals surface area contributed by atoms with Crippen LogP contribution in [0.4, 0.5) is 26.3 Å². The molecular formula is C31H28F6N6O2S2. The van der Waals surface area contributed by atoms with Crippen LogP contribution in [-0.4, -0.2) is 62.5 Å². The Kier molecular flexibility index (Phi) is 7.37. The van der Waals surface area contributed by atoms with Crippen LogP contribution in [0.3, 0.4) is 0 Å². The number of alkyl halides is 5. The number of allylic oxidation sites excluding steroid dienone is 1. The number of rotatable bonds is 7. The van der Waals surface area contributed by atoms with Gasteiger partial charge in [-0.2, -0.15) is 18.3 Å². The summed E-state index contributed by atoms with van der Waals surface area (Å²) in [7, 11) is -1.75. The molecule has 3 aromatic heterocycles. The van der Waals surface area contributed by atoms with E-state index in [2.05, 4.69) is 20.9 Å². The van der Waals surface area contributed by atoms with Gasteiger partial charge in [-0.3, -0.25) is 4.79 Å². The third-order valence-electron chi connectivity index (χ3n) is 9.26. The van der Waals surface area contributed by atoms with Gasteiger partial charge in [-0.1, -0.05) is 5.57 Å². The summed E-state index contributed by atoms with van der Waals surface area (Å²) in [4.78, 5) is 21.6. The molecule has 2 saturated carbocycles. The standard InChI is InChI=1S/C31H28F6N6O2S2/c1-41-16-26(39-17-41)47(2,45)43(23-12-30(33,34)13-23)22-6-3-19-9-24-18(14-40-42(24)21-7-4-20(32)5-8-21)10-29(19,11-22)27(44)28-38-15-25(46-28)31(35,36)37/h4-5,7-9,14-17,22-23H,2-3,6,10-13H2,1H3/t22-,29-,47?/m0/s1. The van der Waals surface area contributed by atoms with Gasteiger partial charge in [-0.15, -0.1) is 11.3 Å². The number of hydrogen-bond acceptors (Lipinski definition) is 6. The summed E-state index contributed by atoms with van der Waals surface area (Å²) in [5.74, 6) is -0.0508. The van der Waals surface area contributed by atoms with Crippen LogP contribution in [0.1, 0.15) is 58.0 Å². The third-order valence-corrected chi connectivity index (χ3v) is 12.4. The summed E-state index contributed by atoms with van der Waals surface area (Å²) in [5.41, 5.74) is 0.995. The van der Waals surface area contributed by atoms with Crippen molar-refractivity contribution < 1.29 is 35.3 Å². The third kappa shape index (κ3) is 5.43. The lowest BCUT2D eigenvalue weighted by Crippen LogP contribution is -2.59. The quantitative estimate of drug-likeness (QED) is 0.128. The Bertz CT molecular complexity index is 2000. The van der Waals surface area contributed by atoms with Crippen LogP contribution in [0.25, 0.3) is 11.8 Å². The average molecular weight is 695 g/mol. The number of Topliss-reactive ketones (excluding diaryl/α,β-unsaturated/α-hetero) is 1. The van der Waals surface area contributed by atoms with Crippen LogP contribution in [-0.2, 0) is 29.4 Å². The minimum Gasteiger partial charge on any atom is -0.339 e. The van der Waals surface area contributed by atoms with Crippen molar-refractivity contribution in [1.29, 1.82) is 0 Å². The SMILES string of the molecule is C=S(=O)(c1cn(C)cn1)N(C1CC(F)(F)C1)[C@H]1CCC2=Cc3c(cnn3-c3ccc(F)cc3)C[C@]2(C(=O)c2ncc(C(F)(F)F)s2)C1. The number of thiazole rings is 1. The van der Waals surface area contributed by atoms with Crippen molar-refractivity contribution in [3.8, 4) is 5.69 Å². The lowest BCUT2D eigenvalue weighted by atomic mass is 9.60. The summed E-state index contributed by atoms with van der Waals surface area (Å²) < 4.78 is 102. The normalized spacial score (nSPS) is 23.8. The zero-order chi connectivity index (χ0) is 33.5. The first kappa shape index (κ1) is 31.8. The van der Waals surface area contributed by atoms with E-state index in [1.165, 1.54) is 29.0 Å². The van der Waals surface area contributed by atoms with Gasteiger partial charge in [0, 0.05) is 38.2 Å². The number of ketones is 1.